The van der Waals surface area contributed by atoms with Crippen LogP contribution in [0.5, 0.6) is 0 Å². The van der Waals surface area contributed by atoms with Gasteiger partial charge in [-0.25, -0.2) is 4.98 Å². The monoisotopic (exact) mass is 285 g/mol. The molecular formula is C11H16ClN5O2. The maximum Gasteiger partial charge on any atom is 0.223 e. The predicted molar refractivity (Wildman–Crippen MR) is 71.8 cm³/mol. The van der Waals surface area contributed by atoms with Gasteiger partial charge in [-0.05, 0) is 13.8 Å². The fourth-order valence-electron chi connectivity index (χ4n) is 1.78. The van der Waals surface area contributed by atoms with E-state index in [0.717, 1.165) is 0 Å². The van der Waals surface area contributed by atoms with Crippen LogP contribution in [0, 0.1) is 0 Å². The molecule has 7 nitrogen and oxygen atoms in total. The first-order valence-electron chi connectivity index (χ1n) is 6.02. The van der Waals surface area contributed by atoms with Crippen LogP contribution in [0.2, 0.25) is 5.15 Å². The minimum Gasteiger partial charge on any atom is -0.368 e. The first-order chi connectivity index (χ1) is 9.15. The Balaban J connectivity index is 2.29. The van der Waals surface area contributed by atoms with Gasteiger partial charge < -0.3 is 19.8 Å². The van der Waals surface area contributed by atoms with Gasteiger partial charge in [0.1, 0.15) is 5.52 Å². The number of anilines is 1. The average Bonchev–Trinajstić information content (AvgIpc) is 2.73. The second-order valence-corrected chi connectivity index (χ2v) is 4.14. The molecule has 2 N–H and O–H groups in total. The van der Waals surface area contributed by atoms with Gasteiger partial charge in [0, 0.05) is 13.2 Å². The van der Waals surface area contributed by atoms with Crippen molar-refractivity contribution in [2.75, 3.05) is 18.9 Å². The summed E-state index contributed by atoms with van der Waals surface area (Å²) in [5.41, 5.74) is 6.61. The molecule has 104 valence electrons. The summed E-state index contributed by atoms with van der Waals surface area (Å²) < 4.78 is 12.8. The highest BCUT2D eigenvalue weighted by atomic mass is 35.5. The molecule has 0 aliphatic heterocycles. The van der Waals surface area contributed by atoms with Gasteiger partial charge in [-0.15, -0.1) is 0 Å². The lowest BCUT2D eigenvalue weighted by atomic mass is 10.5. The molecule has 0 spiro atoms. The third kappa shape index (κ3) is 3.12. The number of ether oxygens (including phenoxy) is 2. The molecule has 0 bridgehead atoms. The van der Waals surface area contributed by atoms with Crippen molar-refractivity contribution in [2.45, 2.75) is 26.7 Å². The van der Waals surface area contributed by atoms with Crippen LogP contribution in [-0.2, 0) is 16.0 Å². The highest BCUT2D eigenvalue weighted by Crippen LogP contribution is 2.21. The lowest BCUT2D eigenvalue weighted by Gasteiger charge is -2.17. The lowest BCUT2D eigenvalue weighted by Crippen LogP contribution is -2.23. The van der Waals surface area contributed by atoms with E-state index in [4.69, 9.17) is 26.8 Å². The Morgan fingerprint density at radius 1 is 1.32 bits per heavy atom. The van der Waals surface area contributed by atoms with Crippen molar-refractivity contribution in [2.24, 2.45) is 0 Å². The number of fused-ring (bicyclic) bond motifs is 1. The van der Waals surface area contributed by atoms with Gasteiger partial charge in [0.25, 0.3) is 0 Å². The molecule has 2 rings (SSSR count). The van der Waals surface area contributed by atoms with Crippen LogP contribution in [0.4, 0.5) is 5.95 Å². The molecule has 0 aliphatic rings. The van der Waals surface area contributed by atoms with Crippen LogP contribution in [-0.4, -0.2) is 39.0 Å². The van der Waals surface area contributed by atoms with Gasteiger partial charge in [-0.2, -0.15) is 9.97 Å². The number of nitrogens with two attached hydrogens (primary N) is 1. The molecule has 0 saturated carbocycles. The predicted octanol–water partition coefficient (Wildman–Crippen LogP) is 1.46. The van der Waals surface area contributed by atoms with Crippen LogP contribution in [0.1, 0.15) is 13.8 Å². The van der Waals surface area contributed by atoms with Gasteiger partial charge >= 0.3 is 0 Å². The summed E-state index contributed by atoms with van der Waals surface area (Å²) in [5.74, 6) is 0.105. The zero-order valence-electron chi connectivity index (χ0n) is 10.8. The van der Waals surface area contributed by atoms with Crippen LogP contribution < -0.4 is 5.73 Å². The van der Waals surface area contributed by atoms with Gasteiger partial charge in [0.05, 0.1) is 12.9 Å². The van der Waals surface area contributed by atoms with Gasteiger partial charge in [-0.3, -0.25) is 0 Å². The van der Waals surface area contributed by atoms with Crippen LogP contribution in [0.3, 0.4) is 0 Å². The number of rotatable bonds is 6. The molecule has 0 aliphatic carbocycles. The van der Waals surface area contributed by atoms with Crippen molar-refractivity contribution < 1.29 is 9.47 Å². The van der Waals surface area contributed by atoms with E-state index in [1.807, 2.05) is 13.8 Å². The number of nitrogens with zero attached hydrogens (tertiary/aromatic N) is 4. The van der Waals surface area contributed by atoms with Crippen LogP contribution in [0.15, 0.2) is 6.33 Å². The SMILES string of the molecule is CCOC(Cn1cnc2nc(N)nc(Cl)c21)OCC. The average molecular weight is 286 g/mol. The van der Waals surface area contributed by atoms with E-state index in [1.54, 1.807) is 10.9 Å². The molecule has 0 amide bonds. The Morgan fingerprint density at radius 2 is 2.00 bits per heavy atom. The highest BCUT2D eigenvalue weighted by molar-refractivity contribution is 6.33. The minimum atomic E-state index is -0.360. The van der Waals surface area contributed by atoms with Crippen molar-refractivity contribution in [3.05, 3.63) is 11.5 Å². The quantitative estimate of drug-likeness (QED) is 0.638. The Morgan fingerprint density at radius 3 is 2.63 bits per heavy atom. The minimum absolute atomic E-state index is 0.105. The number of halogens is 1. The van der Waals surface area contributed by atoms with Crippen molar-refractivity contribution in [3.8, 4) is 0 Å². The number of hydrogen-bond donors (Lipinski definition) is 1. The Hall–Kier alpha value is -1.44. The summed E-state index contributed by atoms with van der Waals surface area (Å²) in [6, 6.07) is 0. The molecule has 19 heavy (non-hydrogen) atoms. The molecule has 0 unspecified atom stereocenters. The molecule has 0 saturated heterocycles. The van der Waals surface area contributed by atoms with E-state index in [9.17, 15) is 0 Å². The first-order valence-corrected chi connectivity index (χ1v) is 6.40. The summed E-state index contributed by atoms with van der Waals surface area (Å²) >= 11 is 6.07. The standard InChI is InChI=1S/C11H16ClN5O2/c1-3-18-7(19-4-2)5-17-6-14-10-8(17)9(12)15-11(13)16-10/h6-7H,3-5H2,1-2H3,(H2,13,15,16). The van der Waals surface area contributed by atoms with Gasteiger partial charge in [-0.1, -0.05) is 11.6 Å². The Labute approximate surface area is 115 Å². The number of aromatic nitrogens is 4. The van der Waals surface area contributed by atoms with E-state index >= 15 is 0 Å². The summed E-state index contributed by atoms with van der Waals surface area (Å²) in [4.78, 5) is 12.1. The third-order valence-electron chi connectivity index (χ3n) is 2.50. The van der Waals surface area contributed by atoms with Crippen molar-refractivity contribution in [1.29, 1.82) is 0 Å². The number of nitrogen functional groups attached to an aromatic ring is 1. The molecule has 0 fully saturated rings. The smallest absolute Gasteiger partial charge is 0.223 e. The van der Waals surface area contributed by atoms with Crippen molar-refractivity contribution in [3.63, 3.8) is 0 Å². The second-order valence-electron chi connectivity index (χ2n) is 3.78. The largest absolute Gasteiger partial charge is 0.368 e. The van der Waals surface area contributed by atoms with Gasteiger partial charge in [0.15, 0.2) is 17.1 Å². The molecule has 8 heteroatoms. The third-order valence-corrected chi connectivity index (χ3v) is 2.76. The van der Waals surface area contributed by atoms with E-state index in [2.05, 4.69) is 15.0 Å². The first kappa shape index (κ1) is 14.0. The van der Waals surface area contributed by atoms with Crippen molar-refractivity contribution in [1.82, 2.24) is 19.5 Å². The Kier molecular flexibility index (Phi) is 4.52. The summed E-state index contributed by atoms with van der Waals surface area (Å²) in [5, 5.41) is 0.270. The number of imidazole rings is 1. The van der Waals surface area contributed by atoms with Crippen LogP contribution in [0.25, 0.3) is 11.2 Å². The zero-order chi connectivity index (χ0) is 13.8. The van der Waals surface area contributed by atoms with Crippen molar-refractivity contribution >= 4 is 28.7 Å². The fraction of sp³-hybridized carbons (Fsp3) is 0.545. The second kappa shape index (κ2) is 6.14. The maximum absolute atomic E-state index is 6.07. The molecular weight excluding hydrogens is 270 g/mol. The van der Waals surface area contributed by atoms with E-state index in [1.165, 1.54) is 0 Å². The summed E-state index contributed by atoms with van der Waals surface area (Å²) in [6.45, 7) is 5.41. The molecule has 2 aromatic heterocycles. The summed E-state index contributed by atoms with van der Waals surface area (Å²) in [7, 11) is 0. The molecule has 2 aromatic rings. The topological polar surface area (TPSA) is 88.1 Å². The molecule has 2 heterocycles. The molecule has 0 atom stereocenters. The zero-order valence-corrected chi connectivity index (χ0v) is 11.6. The highest BCUT2D eigenvalue weighted by Gasteiger charge is 2.15. The van der Waals surface area contributed by atoms with Gasteiger partial charge in [0.2, 0.25) is 5.95 Å². The fourth-order valence-corrected chi connectivity index (χ4v) is 2.06. The van der Waals surface area contributed by atoms with Crippen LogP contribution >= 0.6 is 11.6 Å². The van der Waals surface area contributed by atoms with E-state index in [0.29, 0.717) is 30.9 Å². The summed E-state index contributed by atoms with van der Waals surface area (Å²) in [6.07, 6.45) is 1.26. The van der Waals surface area contributed by atoms with E-state index < -0.39 is 0 Å². The molecule has 0 aromatic carbocycles. The maximum atomic E-state index is 6.07. The lowest BCUT2D eigenvalue weighted by molar-refractivity contribution is -0.143. The van der Waals surface area contributed by atoms with E-state index in [-0.39, 0.29) is 17.4 Å². The molecule has 0 radical (unpaired) electrons. The number of hydrogen-bond acceptors (Lipinski definition) is 6. The Bertz CT molecular complexity index is 553. The normalized spacial score (nSPS) is 11.6.